The summed E-state index contributed by atoms with van der Waals surface area (Å²) in [4.78, 5) is 19.6. The van der Waals surface area contributed by atoms with E-state index in [1.165, 1.54) is 11.3 Å². The average Bonchev–Trinajstić information content (AvgIpc) is 3.16. The Bertz CT molecular complexity index is 1080. The number of aromatic nitrogens is 1. The number of aryl methyl sites for hydroxylation is 1. The lowest BCUT2D eigenvalue weighted by atomic mass is 10.1. The highest BCUT2D eigenvalue weighted by molar-refractivity contribution is 7.14. The van der Waals surface area contributed by atoms with E-state index in [9.17, 15) is 4.79 Å². The van der Waals surface area contributed by atoms with Gasteiger partial charge in [-0.3, -0.25) is 9.69 Å². The molecule has 3 aromatic carbocycles. The number of carbonyl (C=O) groups is 1. The number of hydrogen-bond acceptors (Lipinski definition) is 4. The zero-order valence-corrected chi connectivity index (χ0v) is 16.1. The zero-order valence-electron chi connectivity index (χ0n) is 15.3. The molecule has 4 nitrogen and oxygen atoms in total. The Morgan fingerprint density at radius 1 is 0.893 bits per heavy atom. The maximum Gasteiger partial charge on any atom is 0.264 e. The molecule has 0 saturated heterocycles. The van der Waals surface area contributed by atoms with Crippen LogP contribution in [-0.4, -0.2) is 10.9 Å². The topological polar surface area (TPSA) is 42.4 Å². The molecule has 0 unspecified atom stereocenters. The molecule has 1 aromatic heterocycles. The predicted octanol–water partition coefficient (Wildman–Crippen LogP) is 6.22. The molecule has 138 valence electrons. The van der Waals surface area contributed by atoms with E-state index >= 15 is 0 Å². The van der Waals surface area contributed by atoms with Crippen LogP contribution in [0.2, 0.25) is 0 Å². The van der Waals surface area contributed by atoms with Gasteiger partial charge in [-0.1, -0.05) is 42.5 Å². The fourth-order valence-electron chi connectivity index (χ4n) is 2.78. The third-order valence-corrected chi connectivity index (χ3v) is 5.02. The van der Waals surface area contributed by atoms with Gasteiger partial charge < -0.3 is 4.74 Å². The second-order valence-electron chi connectivity index (χ2n) is 6.19. The van der Waals surface area contributed by atoms with Crippen molar-refractivity contribution in [2.75, 3.05) is 4.90 Å². The van der Waals surface area contributed by atoms with Crippen molar-refractivity contribution < 1.29 is 9.53 Å². The SMILES string of the molecule is Cc1csc(N(C(=O)c2cccc(Oc3ccccc3)c2)c2ccccc2)n1. The minimum absolute atomic E-state index is 0.154. The molecule has 1 heterocycles. The summed E-state index contributed by atoms with van der Waals surface area (Å²) in [7, 11) is 0. The van der Waals surface area contributed by atoms with Crippen LogP contribution in [0, 0.1) is 6.92 Å². The number of anilines is 2. The molecule has 0 spiro atoms. The van der Waals surface area contributed by atoms with Crippen molar-refractivity contribution in [2.45, 2.75) is 6.92 Å². The number of ether oxygens (including phenoxy) is 1. The predicted molar refractivity (Wildman–Crippen MR) is 113 cm³/mol. The number of thiazole rings is 1. The highest BCUT2D eigenvalue weighted by Crippen LogP contribution is 2.31. The third kappa shape index (κ3) is 3.94. The van der Waals surface area contributed by atoms with Crippen LogP contribution >= 0.6 is 11.3 Å². The molecular formula is C23H18N2O2S. The standard InChI is InChI=1S/C23H18N2O2S/c1-17-16-28-23(24-17)25(19-10-4-2-5-11-19)22(26)18-9-8-14-21(15-18)27-20-12-6-3-7-13-20/h2-16H,1H3. The quantitative estimate of drug-likeness (QED) is 0.409. The minimum Gasteiger partial charge on any atom is -0.457 e. The Morgan fingerprint density at radius 3 is 2.25 bits per heavy atom. The van der Waals surface area contributed by atoms with Gasteiger partial charge in [0.15, 0.2) is 5.13 Å². The van der Waals surface area contributed by atoms with E-state index in [2.05, 4.69) is 4.98 Å². The van der Waals surface area contributed by atoms with Crippen molar-refractivity contribution in [3.05, 3.63) is 102 Å². The van der Waals surface area contributed by atoms with Crippen molar-refractivity contribution in [1.29, 1.82) is 0 Å². The van der Waals surface area contributed by atoms with Crippen LogP contribution in [0.25, 0.3) is 0 Å². The summed E-state index contributed by atoms with van der Waals surface area (Å²) >= 11 is 1.45. The lowest BCUT2D eigenvalue weighted by Crippen LogP contribution is -2.25. The zero-order chi connectivity index (χ0) is 19.3. The molecule has 1 amide bonds. The van der Waals surface area contributed by atoms with E-state index in [0.717, 1.165) is 17.1 Å². The van der Waals surface area contributed by atoms with Crippen molar-refractivity contribution in [1.82, 2.24) is 4.98 Å². The maximum absolute atomic E-state index is 13.4. The first-order valence-electron chi connectivity index (χ1n) is 8.85. The van der Waals surface area contributed by atoms with Crippen molar-refractivity contribution >= 4 is 28.1 Å². The van der Waals surface area contributed by atoms with Gasteiger partial charge in [-0.25, -0.2) is 4.98 Å². The molecule has 0 aliphatic carbocycles. The van der Waals surface area contributed by atoms with Gasteiger partial charge in [0.25, 0.3) is 5.91 Å². The van der Waals surface area contributed by atoms with E-state index in [-0.39, 0.29) is 5.91 Å². The maximum atomic E-state index is 13.4. The fraction of sp³-hybridized carbons (Fsp3) is 0.0435. The Morgan fingerprint density at radius 2 is 1.57 bits per heavy atom. The molecule has 0 fully saturated rings. The number of nitrogens with zero attached hydrogens (tertiary/aromatic N) is 2. The first kappa shape index (κ1) is 17.9. The number of benzene rings is 3. The first-order chi connectivity index (χ1) is 13.7. The van der Waals surface area contributed by atoms with Crippen molar-refractivity contribution in [2.24, 2.45) is 0 Å². The van der Waals surface area contributed by atoms with E-state index in [0.29, 0.717) is 16.4 Å². The summed E-state index contributed by atoms with van der Waals surface area (Å²) in [5, 5.41) is 2.58. The van der Waals surface area contributed by atoms with E-state index < -0.39 is 0 Å². The Balaban J connectivity index is 1.68. The van der Waals surface area contributed by atoms with Gasteiger partial charge in [-0.2, -0.15) is 0 Å². The third-order valence-electron chi connectivity index (χ3n) is 4.08. The second kappa shape index (κ2) is 8.06. The lowest BCUT2D eigenvalue weighted by Gasteiger charge is -2.20. The van der Waals surface area contributed by atoms with Crippen molar-refractivity contribution in [3.63, 3.8) is 0 Å². The molecule has 4 rings (SSSR count). The molecule has 5 heteroatoms. The van der Waals surface area contributed by atoms with Gasteiger partial charge in [-0.05, 0) is 49.4 Å². The number of carbonyl (C=O) groups excluding carboxylic acids is 1. The summed E-state index contributed by atoms with van der Waals surface area (Å²) < 4.78 is 5.88. The molecule has 0 N–H and O–H groups in total. The smallest absolute Gasteiger partial charge is 0.264 e. The highest BCUT2D eigenvalue weighted by Gasteiger charge is 2.22. The van der Waals surface area contributed by atoms with Gasteiger partial charge in [0.2, 0.25) is 0 Å². The highest BCUT2D eigenvalue weighted by atomic mass is 32.1. The molecule has 0 aliphatic heterocycles. The number of para-hydroxylation sites is 2. The van der Waals surface area contributed by atoms with Crippen LogP contribution < -0.4 is 9.64 Å². The summed E-state index contributed by atoms with van der Waals surface area (Å²) in [6.07, 6.45) is 0. The van der Waals surface area contributed by atoms with Crippen LogP contribution in [0.1, 0.15) is 16.1 Å². The molecule has 28 heavy (non-hydrogen) atoms. The fourth-order valence-corrected chi connectivity index (χ4v) is 3.60. The van der Waals surface area contributed by atoms with E-state index in [1.54, 1.807) is 17.0 Å². The van der Waals surface area contributed by atoms with Gasteiger partial charge in [0.05, 0.1) is 11.4 Å². The molecule has 0 atom stereocenters. The molecule has 4 aromatic rings. The summed E-state index contributed by atoms with van der Waals surface area (Å²) in [6, 6.07) is 26.3. The van der Waals surface area contributed by atoms with E-state index in [1.807, 2.05) is 85.1 Å². The van der Waals surface area contributed by atoms with Gasteiger partial charge in [0.1, 0.15) is 11.5 Å². The molecule has 0 saturated carbocycles. The first-order valence-corrected chi connectivity index (χ1v) is 9.73. The largest absolute Gasteiger partial charge is 0.457 e. The van der Waals surface area contributed by atoms with Crippen molar-refractivity contribution in [3.8, 4) is 11.5 Å². The summed E-state index contributed by atoms with van der Waals surface area (Å²) in [5.41, 5.74) is 2.19. The molecular weight excluding hydrogens is 368 g/mol. The minimum atomic E-state index is -0.154. The van der Waals surface area contributed by atoms with Crippen LogP contribution in [0.5, 0.6) is 11.5 Å². The van der Waals surface area contributed by atoms with Gasteiger partial charge in [0, 0.05) is 10.9 Å². The Kier molecular flexibility index (Phi) is 5.17. The number of rotatable bonds is 5. The van der Waals surface area contributed by atoms with E-state index in [4.69, 9.17) is 4.74 Å². The van der Waals surface area contributed by atoms with Gasteiger partial charge in [-0.15, -0.1) is 11.3 Å². The Hall–Kier alpha value is -3.44. The van der Waals surface area contributed by atoms with Crippen LogP contribution in [0.15, 0.2) is 90.3 Å². The van der Waals surface area contributed by atoms with Crippen LogP contribution in [0.3, 0.4) is 0 Å². The number of amides is 1. The monoisotopic (exact) mass is 386 g/mol. The van der Waals surface area contributed by atoms with Crippen LogP contribution in [-0.2, 0) is 0 Å². The summed E-state index contributed by atoms with van der Waals surface area (Å²) in [5.74, 6) is 1.18. The second-order valence-corrected chi connectivity index (χ2v) is 7.03. The lowest BCUT2D eigenvalue weighted by molar-refractivity contribution is 0.0999. The molecule has 0 aliphatic rings. The average molecular weight is 386 g/mol. The normalized spacial score (nSPS) is 10.5. The molecule has 0 radical (unpaired) electrons. The van der Waals surface area contributed by atoms with Gasteiger partial charge >= 0.3 is 0 Å². The Labute approximate surface area is 167 Å². The summed E-state index contributed by atoms with van der Waals surface area (Å²) in [6.45, 7) is 1.92. The van der Waals surface area contributed by atoms with Crippen LogP contribution in [0.4, 0.5) is 10.8 Å². The molecule has 0 bridgehead atoms. The number of hydrogen-bond donors (Lipinski definition) is 0.